The van der Waals surface area contributed by atoms with E-state index in [-0.39, 0.29) is 12.2 Å². The summed E-state index contributed by atoms with van der Waals surface area (Å²) in [5.41, 5.74) is -0.389. The van der Waals surface area contributed by atoms with E-state index in [4.69, 9.17) is 0 Å². The van der Waals surface area contributed by atoms with Gasteiger partial charge in [0.15, 0.2) is 0 Å². The highest BCUT2D eigenvalue weighted by Gasteiger charge is 2.25. The van der Waals surface area contributed by atoms with Gasteiger partial charge in [-0.3, -0.25) is 0 Å². The molecule has 2 N–H and O–H groups in total. The maximum atomic E-state index is 12.8. The fraction of sp³-hybridized carbons (Fsp3) is 0.455. The molecule has 0 fully saturated rings. The molecule has 1 atom stereocenters. The number of aliphatic hydroxyl groups is 2. The Morgan fingerprint density at radius 2 is 2.07 bits per heavy atom. The van der Waals surface area contributed by atoms with E-state index in [0.717, 1.165) is 5.56 Å². The van der Waals surface area contributed by atoms with Crippen molar-refractivity contribution in [3.05, 3.63) is 34.1 Å². The van der Waals surface area contributed by atoms with E-state index >= 15 is 0 Å². The SMILES string of the molecule is CC(C)(O)C(O)Cc1ccc(F)cc1Br. The number of halogens is 2. The molecule has 2 nitrogen and oxygen atoms in total. The minimum absolute atomic E-state index is 0.282. The summed E-state index contributed by atoms with van der Waals surface area (Å²) < 4.78 is 13.4. The Hall–Kier alpha value is -0.450. The molecule has 0 amide bonds. The van der Waals surface area contributed by atoms with Crippen molar-refractivity contribution in [2.75, 3.05) is 0 Å². The molecule has 15 heavy (non-hydrogen) atoms. The summed E-state index contributed by atoms with van der Waals surface area (Å²) in [6.45, 7) is 3.07. The summed E-state index contributed by atoms with van der Waals surface area (Å²) in [6.07, 6.45) is -0.594. The number of rotatable bonds is 3. The predicted molar refractivity (Wildman–Crippen MR) is 60.1 cm³/mol. The first-order valence-electron chi connectivity index (χ1n) is 4.65. The molecule has 1 unspecified atom stereocenters. The summed E-state index contributed by atoms with van der Waals surface area (Å²) in [4.78, 5) is 0. The molecule has 1 aromatic carbocycles. The average molecular weight is 277 g/mol. The van der Waals surface area contributed by atoms with E-state index in [1.54, 1.807) is 6.07 Å². The van der Waals surface area contributed by atoms with Crippen molar-refractivity contribution in [2.45, 2.75) is 32.0 Å². The van der Waals surface area contributed by atoms with E-state index < -0.39 is 11.7 Å². The van der Waals surface area contributed by atoms with Crippen molar-refractivity contribution in [1.29, 1.82) is 0 Å². The van der Waals surface area contributed by atoms with Crippen LogP contribution in [0.1, 0.15) is 19.4 Å². The van der Waals surface area contributed by atoms with Gasteiger partial charge < -0.3 is 10.2 Å². The minimum atomic E-state index is -1.16. The second-order valence-electron chi connectivity index (χ2n) is 4.11. The van der Waals surface area contributed by atoms with Crippen LogP contribution in [-0.2, 0) is 6.42 Å². The number of aliphatic hydroxyl groups excluding tert-OH is 1. The van der Waals surface area contributed by atoms with E-state index in [2.05, 4.69) is 15.9 Å². The first-order valence-corrected chi connectivity index (χ1v) is 5.44. The van der Waals surface area contributed by atoms with Crippen LogP contribution in [0.2, 0.25) is 0 Å². The third-order valence-corrected chi connectivity index (χ3v) is 2.98. The zero-order chi connectivity index (χ0) is 11.6. The van der Waals surface area contributed by atoms with Crippen LogP contribution in [0.15, 0.2) is 22.7 Å². The van der Waals surface area contributed by atoms with E-state index in [0.29, 0.717) is 4.47 Å². The molecule has 0 bridgehead atoms. The number of hydrogen-bond acceptors (Lipinski definition) is 2. The fourth-order valence-electron chi connectivity index (χ4n) is 1.15. The molecule has 0 aliphatic rings. The second kappa shape index (κ2) is 4.60. The lowest BCUT2D eigenvalue weighted by Gasteiger charge is -2.24. The van der Waals surface area contributed by atoms with Gasteiger partial charge in [-0.25, -0.2) is 4.39 Å². The van der Waals surface area contributed by atoms with Crippen LogP contribution in [0.4, 0.5) is 4.39 Å². The molecule has 1 aromatic rings. The van der Waals surface area contributed by atoms with Crippen LogP contribution < -0.4 is 0 Å². The van der Waals surface area contributed by atoms with E-state index in [1.807, 2.05) is 0 Å². The minimum Gasteiger partial charge on any atom is -0.390 e. The third-order valence-electron chi connectivity index (χ3n) is 2.24. The fourth-order valence-corrected chi connectivity index (χ4v) is 1.66. The molecule has 0 aliphatic heterocycles. The number of hydrogen-bond donors (Lipinski definition) is 2. The molecule has 0 aromatic heterocycles. The average Bonchev–Trinajstić information content (AvgIpc) is 2.08. The molecule has 0 aliphatic carbocycles. The van der Waals surface area contributed by atoms with Crippen molar-refractivity contribution < 1.29 is 14.6 Å². The maximum absolute atomic E-state index is 12.8. The van der Waals surface area contributed by atoms with E-state index in [1.165, 1.54) is 26.0 Å². The van der Waals surface area contributed by atoms with Crippen LogP contribution in [0.25, 0.3) is 0 Å². The van der Waals surface area contributed by atoms with Crippen LogP contribution >= 0.6 is 15.9 Å². The Morgan fingerprint density at radius 3 is 2.53 bits per heavy atom. The van der Waals surface area contributed by atoms with Crippen molar-refractivity contribution in [3.63, 3.8) is 0 Å². The van der Waals surface area contributed by atoms with Gasteiger partial charge in [-0.1, -0.05) is 22.0 Å². The molecule has 4 heteroatoms. The van der Waals surface area contributed by atoms with Crippen LogP contribution in [0.5, 0.6) is 0 Å². The van der Waals surface area contributed by atoms with Crippen LogP contribution in [0, 0.1) is 5.82 Å². The normalized spacial score (nSPS) is 14.0. The molecular formula is C11H14BrFO2. The van der Waals surface area contributed by atoms with Crippen molar-refractivity contribution >= 4 is 15.9 Å². The molecular weight excluding hydrogens is 263 g/mol. The molecule has 0 saturated carbocycles. The van der Waals surface area contributed by atoms with Crippen LogP contribution in [-0.4, -0.2) is 21.9 Å². The Balaban J connectivity index is 2.82. The van der Waals surface area contributed by atoms with Gasteiger partial charge in [0.25, 0.3) is 0 Å². The highest BCUT2D eigenvalue weighted by molar-refractivity contribution is 9.10. The van der Waals surface area contributed by atoms with Gasteiger partial charge in [0, 0.05) is 10.9 Å². The summed E-state index contributed by atoms with van der Waals surface area (Å²) >= 11 is 3.21. The van der Waals surface area contributed by atoms with Crippen molar-refractivity contribution in [1.82, 2.24) is 0 Å². The first-order chi connectivity index (χ1) is 6.80. The molecule has 0 radical (unpaired) electrons. The maximum Gasteiger partial charge on any atom is 0.124 e. The molecule has 1 rings (SSSR count). The Labute approximate surface area is 96.9 Å². The van der Waals surface area contributed by atoms with E-state index in [9.17, 15) is 14.6 Å². The predicted octanol–water partition coefficient (Wildman–Crippen LogP) is 2.26. The lowest BCUT2D eigenvalue weighted by Crippen LogP contribution is -2.37. The Morgan fingerprint density at radius 1 is 1.47 bits per heavy atom. The lowest BCUT2D eigenvalue weighted by atomic mass is 9.95. The largest absolute Gasteiger partial charge is 0.390 e. The van der Waals surface area contributed by atoms with Gasteiger partial charge >= 0.3 is 0 Å². The quantitative estimate of drug-likeness (QED) is 0.889. The summed E-state index contributed by atoms with van der Waals surface area (Å²) in [5.74, 6) is -0.330. The zero-order valence-electron chi connectivity index (χ0n) is 8.67. The summed E-state index contributed by atoms with van der Waals surface area (Å²) in [6, 6.07) is 4.26. The zero-order valence-corrected chi connectivity index (χ0v) is 10.3. The van der Waals surface area contributed by atoms with Gasteiger partial charge in [-0.2, -0.15) is 0 Å². The van der Waals surface area contributed by atoms with Gasteiger partial charge in [0.1, 0.15) is 5.82 Å². The van der Waals surface area contributed by atoms with Crippen molar-refractivity contribution in [3.8, 4) is 0 Å². The molecule has 0 spiro atoms. The lowest BCUT2D eigenvalue weighted by molar-refractivity contribution is -0.0470. The summed E-state index contributed by atoms with van der Waals surface area (Å²) in [5, 5.41) is 19.2. The molecule has 0 heterocycles. The second-order valence-corrected chi connectivity index (χ2v) is 4.96. The monoisotopic (exact) mass is 276 g/mol. The topological polar surface area (TPSA) is 40.5 Å². The standard InChI is InChI=1S/C11H14BrFO2/c1-11(2,15)10(14)5-7-3-4-8(13)6-9(7)12/h3-4,6,10,14-15H,5H2,1-2H3. The Bertz CT molecular complexity index is 347. The molecule has 0 saturated heterocycles. The third kappa shape index (κ3) is 3.55. The first kappa shape index (κ1) is 12.6. The van der Waals surface area contributed by atoms with Gasteiger partial charge in [0.05, 0.1) is 11.7 Å². The highest BCUT2D eigenvalue weighted by Crippen LogP contribution is 2.22. The summed E-state index contributed by atoms with van der Waals surface area (Å²) in [7, 11) is 0. The van der Waals surface area contributed by atoms with Gasteiger partial charge in [0.2, 0.25) is 0 Å². The highest BCUT2D eigenvalue weighted by atomic mass is 79.9. The molecule has 84 valence electrons. The van der Waals surface area contributed by atoms with Crippen LogP contribution in [0.3, 0.4) is 0 Å². The Kier molecular flexibility index (Phi) is 3.87. The van der Waals surface area contributed by atoms with Gasteiger partial charge in [-0.05, 0) is 31.5 Å². The smallest absolute Gasteiger partial charge is 0.124 e. The number of benzene rings is 1. The van der Waals surface area contributed by atoms with Gasteiger partial charge in [-0.15, -0.1) is 0 Å². The van der Waals surface area contributed by atoms with Crippen molar-refractivity contribution in [2.24, 2.45) is 0 Å².